The number of Topliss-reactive ketones (excluding diaryl/α,β-unsaturated/α-hetero) is 1. The number of alkyl halides is 1. The maximum Gasteiger partial charge on any atom is 0.164 e. The van der Waals surface area contributed by atoms with Gasteiger partial charge in [0.15, 0.2) is 5.78 Å². The number of aliphatic hydroxyl groups is 1. The van der Waals surface area contributed by atoms with Crippen molar-refractivity contribution in [1.29, 1.82) is 0 Å². The van der Waals surface area contributed by atoms with E-state index >= 15 is 0 Å². The molecule has 1 aromatic carbocycles. The fourth-order valence-corrected chi connectivity index (χ4v) is 2.18. The third-order valence-electron chi connectivity index (χ3n) is 2.30. The molecule has 1 aliphatic rings. The molecule has 0 saturated heterocycles. The zero-order valence-corrected chi connectivity index (χ0v) is 8.49. The number of carbonyl (C=O) groups excluding carboxylic acids is 1. The number of carbonyl (C=O) groups is 1. The average Bonchev–Trinajstić information content (AvgIpc) is 2.15. The predicted octanol–water partition coefficient (Wildman–Crippen LogP) is 2.07. The van der Waals surface area contributed by atoms with Gasteiger partial charge in [-0.1, -0.05) is 40.2 Å². The van der Waals surface area contributed by atoms with Gasteiger partial charge in [-0.05, 0) is 5.56 Å². The van der Waals surface area contributed by atoms with Crippen LogP contribution in [0.1, 0.15) is 28.4 Å². The van der Waals surface area contributed by atoms with Gasteiger partial charge in [-0.2, -0.15) is 0 Å². The highest BCUT2D eigenvalue weighted by atomic mass is 79.9. The van der Waals surface area contributed by atoms with Crippen LogP contribution in [0.25, 0.3) is 0 Å². The van der Waals surface area contributed by atoms with Crippen molar-refractivity contribution < 1.29 is 9.90 Å². The molecule has 0 saturated carbocycles. The average molecular weight is 241 g/mol. The second-order valence-electron chi connectivity index (χ2n) is 3.18. The summed E-state index contributed by atoms with van der Waals surface area (Å²) in [6, 6.07) is 7.21. The molecule has 0 amide bonds. The minimum Gasteiger partial charge on any atom is -0.387 e. The van der Waals surface area contributed by atoms with E-state index in [2.05, 4.69) is 15.9 Å². The second kappa shape index (κ2) is 3.24. The smallest absolute Gasteiger partial charge is 0.164 e. The van der Waals surface area contributed by atoms with Crippen molar-refractivity contribution in [2.75, 3.05) is 0 Å². The van der Waals surface area contributed by atoms with Crippen LogP contribution in [-0.4, -0.2) is 15.7 Å². The first-order chi connectivity index (χ1) is 6.20. The lowest BCUT2D eigenvalue weighted by Gasteiger charge is -2.24. The Balaban J connectivity index is 2.53. The van der Waals surface area contributed by atoms with Crippen molar-refractivity contribution in [3.63, 3.8) is 0 Å². The Labute approximate surface area is 84.7 Å². The topological polar surface area (TPSA) is 37.3 Å². The minimum atomic E-state index is -0.561. The Hall–Kier alpha value is -0.670. The lowest BCUT2D eigenvalue weighted by Crippen LogP contribution is -2.24. The SMILES string of the molecule is O=C1CC(Br)C(O)c2ccccc21. The molecule has 2 unspecified atom stereocenters. The highest BCUT2D eigenvalue weighted by Gasteiger charge is 2.30. The molecule has 0 aromatic heterocycles. The number of ketones is 1. The summed E-state index contributed by atoms with van der Waals surface area (Å²) in [5.74, 6) is 0.0998. The van der Waals surface area contributed by atoms with E-state index in [9.17, 15) is 9.90 Å². The van der Waals surface area contributed by atoms with Crippen molar-refractivity contribution in [3.05, 3.63) is 35.4 Å². The zero-order valence-electron chi connectivity index (χ0n) is 6.90. The summed E-state index contributed by atoms with van der Waals surface area (Å²) in [7, 11) is 0. The van der Waals surface area contributed by atoms with Crippen molar-refractivity contribution in [1.82, 2.24) is 0 Å². The van der Waals surface area contributed by atoms with E-state index in [1.165, 1.54) is 0 Å². The number of hydrogen-bond acceptors (Lipinski definition) is 2. The van der Waals surface area contributed by atoms with Crippen molar-refractivity contribution in [2.24, 2.45) is 0 Å². The first-order valence-corrected chi connectivity index (χ1v) is 5.06. The summed E-state index contributed by atoms with van der Waals surface area (Å²) in [6.45, 7) is 0. The molecule has 68 valence electrons. The van der Waals surface area contributed by atoms with Crippen LogP contribution in [0.5, 0.6) is 0 Å². The molecule has 1 aromatic rings. The molecule has 3 heteroatoms. The maximum atomic E-state index is 11.5. The van der Waals surface area contributed by atoms with E-state index in [1.54, 1.807) is 12.1 Å². The van der Waals surface area contributed by atoms with E-state index in [4.69, 9.17) is 0 Å². The number of aliphatic hydroxyl groups excluding tert-OH is 1. The molecule has 0 radical (unpaired) electrons. The molecule has 0 fully saturated rings. The van der Waals surface area contributed by atoms with Crippen molar-refractivity contribution in [2.45, 2.75) is 17.4 Å². The first-order valence-electron chi connectivity index (χ1n) is 4.14. The quantitative estimate of drug-likeness (QED) is 0.706. The first kappa shape index (κ1) is 8.91. The minimum absolute atomic E-state index is 0.0998. The number of benzene rings is 1. The summed E-state index contributed by atoms with van der Waals surface area (Å²) in [5.41, 5.74) is 1.39. The molecule has 2 rings (SSSR count). The lowest BCUT2D eigenvalue weighted by atomic mass is 9.88. The molecule has 2 nitrogen and oxygen atoms in total. The number of fused-ring (bicyclic) bond motifs is 1. The summed E-state index contributed by atoms with van der Waals surface area (Å²) < 4.78 is 0. The molecular formula is C10H9BrO2. The Kier molecular flexibility index (Phi) is 2.22. The van der Waals surface area contributed by atoms with E-state index < -0.39 is 6.10 Å². The zero-order chi connectivity index (χ0) is 9.42. The highest BCUT2D eigenvalue weighted by molar-refractivity contribution is 9.09. The van der Waals surface area contributed by atoms with Crippen LogP contribution < -0.4 is 0 Å². The van der Waals surface area contributed by atoms with Crippen LogP contribution in [0.15, 0.2) is 24.3 Å². The summed E-state index contributed by atoms with van der Waals surface area (Å²) in [6.07, 6.45) is -0.188. The molecule has 0 heterocycles. The summed E-state index contributed by atoms with van der Waals surface area (Å²) in [5, 5.41) is 9.75. The standard InChI is InChI=1S/C10H9BrO2/c11-8-5-9(12)6-3-1-2-4-7(6)10(8)13/h1-4,8,10,13H,5H2. The van der Waals surface area contributed by atoms with E-state index in [1.807, 2.05) is 12.1 Å². The number of rotatable bonds is 0. The van der Waals surface area contributed by atoms with Gasteiger partial charge in [0.25, 0.3) is 0 Å². The molecule has 0 spiro atoms. The molecule has 2 atom stereocenters. The molecule has 0 aliphatic heterocycles. The lowest BCUT2D eigenvalue weighted by molar-refractivity contribution is 0.0912. The maximum absolute atomic E-state index is 11.5. The monoisotopic (exact) mass is 240 g/mol. The number of hydrogen-bond donors (Lipinski definition) is 1. The van der Waals surface area contributed by atoms with Crippen LogP contribution in [0.4, 0.5) is 0 Å². The highest BCUT2D eigenvalue weighted by Crippen LogP contribution is 2.33. The molecule has 0 bridgehead atoms. The molecule has 1 aliphatic carbocycles. The Morgan fingerprint density at radius 3 is 2.85 bits per heavy atom. The molecular weight excluding hydrogens is 232 g/mol. The van der Waals surface area contributed by atoms with Crippen molar-refractivity contribution in [3.8, 4) is 0 Å². The Morgan fingerprint density at radius 2 is 2.08 bits per heavy atom. The van der Waals surface area contributed by atoms with E-state index in [0.29, 0.717) is 12.0 Å². The fraction of sp³-hybridized carbons (Fsp3) is 0.300. The van der Waals surface area contributed by atoms with Crippen LogP contribution in [0.3, 0.4) is 0 Å². The molecule has 1 N–H and O–H groups in total. The summed E-state index contributed by atoms with van der Waals surface area (Å²) in [4.78, 5) is 11.4. The molecule has 13 heavy (non-hydrogen) atoms. The largest absolute Gasteiger partial charge is 0.387 e. The van der Waals surface area contributed by atoms with E-state index in [0.717, 1.165) is 5.56 Å². The van der Waals surface area contributed by atoms with Crippen LogP contribution in [0, 0.1) is 0 Å². The van der Waals surface area contributed by atoms with E-state index in [-0.39, 0.29) is 10.6 Å². The normalized spacial score (nSPS) is 27.1. The predicted molar refractivity (Wildman–Crippen MR) is 53.1 cm³/mol. The van der Waals surface area contributed by atoms with Crippen LogP contribution >= 0.6 is 15.9 Å². The second-order valence-corrected chi connectivity index (χ2v) is 4.35. The van der Waals surface area contributed by atoms with Gasteiger partial charge < -0.3 is 5.11 Å². The Morgan fingerprint density at radius 1 is 1.38 bits per heavy atom. The van der Waals surface area contributed by atoms with Gasteiger partial charge in [0.05, 0.1) is 10.9 Å². The Bertz CT molecular complexity index is 349. The fourth-order valence-electron chi connectivity index (χ4n) is 1.60. The van der Waals surface area contributed by atoms with Gasteiger partial charge in [0, 0.05) is 12.0 Å². The van der Waals surface area contributed by atoms with Gasteiger partial charge in [-0.25, -0.2) is 0 Å². The third-order valence-corrected chi connectivity index (χ3v) is 3.13. The van der Waals surface area contributed by atoms with Crippen LogP contribution in [-0.2, 0) is 0 Å². The van der Waals surface area contributed by atoms with Gasteiger partial charge in [0.1, 0.15) is 0 Å². The summed E-state index contributed by atoms with van der Waals surface area (Å²) >= 11 is 3.29. The van der Waals surface area contributed by atoms with Gasteiger partial charge in [-0.3, -0.25) is 4.79 Å². The van der Waals surface area contributed by atoms with Crippen LogP contribution in [0.2, 0.25) is 0 Å². The van der Waals surface area contributed by atoms with Gasteiger partial charge >= 0.3 is 0 Å². The van der Waals surface area contributed by atoms with Crippen molar-refractivity contribution >= 4 is 21.7 Å². The third kappa shape index (κ3) is 1.42. The number of halogens is 1. The van der Waals surface area contributed by atoms with Gasteiger partial charge in [0.2, 0.25) is 0 Å². The van der Waals surface area contributed by atoms with Gasteiger partial charge in [-0.15, -0.1) is 0 Å².